The highest BCUT2D eigenvalue weighted by molar-refractivity contribution is 9.10. The zero-order valence-corrected chi connectivity index (χ0v) is 12.6. The first-order valence-corrected chi connectivity index (χ1v) is 7.27. The molecule has 0 aliphatic carbocycles. The van der Waals surface area contributed by atoms with Crippen molar-refractivity contribution in [3.8, 4) is 0 Å². The molecule has 0 bridgehead atoms. The number of aliphatic hydroxyl groups is 1. The number of benzene rings is 1. The molecular weight excluding hydrogens is 315 g/mol. The molecular formula is C14H14BrFOS. The Balaban J connectivity index is 2.18. The van der Waals surface area contributed by atoms with Gasteiger partial charge in [0.25, 0.3) is 0 Å². The summed E-state index contributed by atoms with van der Waals surface area (Å²) in [7, 11) is 0. The van der Waals surface area contributed by atoms with E-state index < -0.39 is 6.10 Å². The van der Waals surface area contributed by atoms with Gasteiger partial charge in [0.1, 0.15) is 5.82 Å². The second-order valence-electron chi connectivity index (χ2n) is 4.34. The van der Waals surface area contributed by atoms with Gasteiger partial charge >= 0.3 is 0 Å². The molecule has 0 saturated heterocycles. The molecule has 2 rings (SSSR count). The Morgan fingerprint density at radius 1 is 1.33 bits per heavy atom. The Hall–Kier alpha value is -0.710. The van der Waals surface area contributed by atoms with Crippen LogP contribution in [0, 0.1) is 19.7 Å². The van der Waals surface area contributed by atoms with Crippen molar-refractivity contribution in [3.63, 3.8) is 0 Å². The summed E-state index contributed by atoms with van der Waals surface area (Å²) in [6.07, 6.45) is -0.0514. The quantitative estimate of drug-likeness (QED) is 0.876. The van der Waals surface area contributed by atoms with Gasteiger partial charge in [0.2, 0.25) is 0 Å². The monoisotopic (exact) mass is 328 g/mol. The molecule has 0 spiro atoms. The summed E-state index contributed by atoms with van der Waals surface area (Å²) < 4.78 is 13.7. The lowest BCUT2D eigenvalue weighted by Crippen LogP contribution is -2.00. The van der Waals surface area contributed by atoms with Gasteiger partial charge in [-0.15, -0.1) is 11.3 Å². The Kier molecular flexibility index (Phi) is 4.20. The van der Waals surface area contributed by atoms with E-state index in [4.69, 9.17) is 0 Å². The number of halogens is 2. The molecule has 0 saturated carbocycles. The molecule has 2 aromatic rings. The van der Waals surface area contributed by atoms with Gasteiger partial charge < -0.3 is 5.11 Å². The zero-order valence-electron chi connectivity index (χ0n) is 10.2. The highest BCUT2D eigenvalue weighted by Gasteiger charge is 2.14. The third-order valence-corrected chi connectivity index (χ3v) is 4.93. The van der Waals surface area contributed by atoms with Gasteiger partial charge in [-0.05, 0) is 43.2 Å². The maximum Gasteiger partial charge on any atom is 0.124 e. The Labute approximate surface area is 118 Å². The highest BCUT2D eigenvalue weighted by Crippen LogP contribution is 2.30. The van der Waals surface area contributed by atoms with Gasteiger partial charge in [-0.1, -0.05) is 22.0 Å². The number of hydrogen-bond acceptors (Lipinski definition) is 2. The summed E-state index contributed by atoms with van der Waals surface area (Å²) in [6, 6.07) is 6.56. The highest BCUT2D eigenvalue weighted by atomic mass is 79.9. The molecule has 0 amide bonds. The first-order valence-electron chi connectivity index (χ1n) is 5.66. The van der Waals surface area contributed by atoms with Crippen LogP contribution in [0.1, 0.15) is 27.0 Å². The van der Waals surface area contributed by atoms with Gasteiger partial charge in [0, 0.05) is 20.6 Å². The Morgan fingerprint density at radius 2 is 2.06 bits per heavy atom. The lowest BCUT2D eigenvalue weighted by molar-refractivity contribution is 0.182. The SMILES string of the molecule is Cc1cc(C(O)Cc2ccc(F)cc2Br)sc1C. The molecule has 4 heteroatoms. The zero-order chi connectivity index (χ0) is 13.3. The summed E-state index contributed by atoms with van der Waals surface area (Å²) in [6.45, 7) is 4.08. The van der Waals surface area contributed by atoms with Crippen molar-refractivity contribution in [2.24, 2.45) is 0 Å². The first kappa shape index (κ1) is 13.7. The maximum absolute atomic E-state index is 13.0. The first-order chi connectivity index (χ1) is 8.47. The van der Waals surface area contributed by atoms with E-state index in [1.807, 2.05) is 19.9 Å². The van der Waals surface area contributed by atoms with Crippen LogP contribution in [-0.4, -0.2) is 5.11 Å². The fraction of sp³-hybridized carbons (Fsp3) is 0.286. The maximum atomic E-state index is 13.0. The summed E-state index contributed by atoms with van der Waals surface area (Å²) >= 11 is 4.93. The second kappa shape index (κ2) is 5.51. The predicted molar refractivity (Wildman–Crippen MR) is 76.6 cm³/mol. The molecule has 1 nitrogen and oxygen atoms in total. The number of aryl methyl sites for hydroxylation is 2. The van der Waals surface area contributed by atoms with E-state index >= 15 is 0 Å². The van der Waals surface area contributed by atoms with Crippen LogP contribution in [0.3, 0.4) is 0 Å². The van der Waals surface area contributed by atoms with Crippen LogP contribution in [0.15, 0.2) is 28.7 Å². The average Bonchev–Trinajstić information content (AvgIpc) is 2.63. The van der Waals surface area contributed by atoms with Crippen molar-refractivity contribution in [1.82, 2.24) is 0 Å². The van der Waals surface area contributed by atoms with Gasteiger partial charge in [-0.3, -0.25) is 0 Å². The van der Waals surface area contributed by atoms with Crippen molar-refractivity contribution in [2.45, 2.75) is 26.4 Å². The summed E-state index contributed by atoms with van der Waals surface area (Å²) in [4.78, 5) is 2.18. The van der Waals surface area contributed by atoms with Gasteiger partial charge in [-0.25, -0.2) is 4.39 Å². The third kappa shape index (κ3) is 2.99. The normalized spacial score (nSPS) is 12.7. The van der Waals surface area contributed by atoms with Crippen LogP contribution in [0.5, 0.6) is 0 Å². The molecule has 1 N–H and O–H groups in total. The van der Waals surface area contributed by atoms with Gasteiger partial charge in [0.05, 0.1) is 6.10 Å². The minimum Gasteiger partial charge on any atom is -0.387 e. The van der Waals surface area contributed by atoms with Crippen LogP contribution < -0.4 is 0 Å². The molecule has 96 valence electrons. The van der Waals surface area contributed by atoms with E-state index in [2.05, 4.69) is 15.9 Å². The molecule has 0 fully saturated rings. The number of rotatable bonds is 3. The molecule has 0 aliphatic heterocycles. The molecule has 1 atom stereocenters. The van der Waals surface area contributed by atoms with Crippen LogP contribution in [0.25, 0.3) is 0 Å². The molecule has 18 heavy (non-hydrogen) atoms. The van der Waals surface area contributed by atoms with Crippen molar-refractivity contribution >= 4 is 27.3 Å². The van der Waals surface area contributed by atoms with Crippen molar-refractivity contribution in [2.75, 3.05) is 0 Å². The molecule has 1 heterocycles. The number of thiophene rings is 1. The fourth-order valence-corrected chi connectivity index (χ4v) is 3.30. The minimum absolute atomic E-state index is 0.275. The summed E-state index contributed by atoms with van der Waals surface area (Å²) in [5, 5.41) is 10.2. The standard InChI is InChI=1S/C14H14BrFOS/c1-8-5-14(18-9(8)2)13(17)6-10-3-4-11(16)7-12(10)15/h3-5,7,13,17H,6H2,1-2H3. The molecule has 0 radical (unpaired) electrons. The van der Waals surface area contributed by atoms with E-state index in [9.17, 15) is 9.50 Å². The van der Waals surface area contributed by atoms with E-state index in [1.54, 1.807) is 17.4 Å². The van der Waals surface area contributed by atoms with E-state index in [0.29, 0.717) is 10.9 Å². The lowest BCUT2D eigenvalue weighted by atomic mass is 10.1. The minimum atomic E-state index is -0.538. The van der Waals surface area contributed by atoms with Crippen LogP contribution in [0.4, 0.5) is 4.39 Å². The van der Waals surface area contributed by atoms with E-state index in [1.165, 1.54) is 22.6 Å². The third-order valence-electron chi connectivity index (χ3n) is 2.94. The second-order valence-corrected chi connectivity index (χ2v) is 6.49. The topological polar surface area (TPSA) is 20.2 Å². The molecule has 1 aromatic heterocycles. The number of hydrogen-bond donors (Lipinski definition) is 1. The van der Waals surface area contributed by atoms with Crippen molar-refractivity contribution in [3.05, 3.63) is 55.4 Å². The Bertz CT molecular complexity index is 545. The summed E-state index contributed by atoms with van der Waals surface area (Å²) in [5.41, 5.74) is 2.11. The largest absolute Gasteiger partial charge is 0.387 e. The van der Waals surface area contributed by atoms with Crippen molar-refractivity contribution in [1.29, 1.82) is 0 Å². The number of aliphatic hydroxyl groups excluding tert-OH is 1. The van der Waals surface area contributed by atoms with E-state index in [0.717, 1.165) is 10.4 Å². The molecule has 1 unspecified atom stereocenters. The fourth-order valence-electron chi connectivity index (χ4n) is 1.76. The average molecular weight is 329 g/mol. The lowest BCUT2D eigenvalue weighted by Gasteiger charge is -2.10. The van der Waals surface area contributed by atoms with Crippen LogP contribution >= 0.6 is 27.3 Å². The van der Waals surface area contributed by atoms with Crippen molar-refractivity contribution < 1.29 is 9.50 Å². The smallest absolute Gasteiger partial charge is 0.124 e. The van der Waals surface area contributed by atoms with Crippen LogP contribution in [0.2, 0.25) is 0 Å². The van der Waals surface area contributed by atoms with Gasteiger partial charge in [0.15, 0.2) is 0 Å². The summed E-state index contributed by atoms with van der Waals surface area (Å²) in [5.74, 6) is -0.275. The van der Waals surface area contributed by atoms with E-state index in [-0.39, 0.29) is 5.82 Å². The predicted octanol–water partition coefficient (Wildman–Crippen LogP) is 4.54. The molecule has 0 aliphatic rings. The van der Waals surface area contributed by atoms with Gasteiger partial charge in [-0.2, -0.15) is 0 Å². The Morgan fingerprint density at radius 3 is 2.61 bits per heavy atom. The molecule has 1 aromatic carbocycles. The van der Waals surface area contributed by atoms with Crippen LogP contribution in [-0.2, 0) is 6.42 Å².